The molecule has 0 bridgehead atoms. The van der Waals surface area contributed by atoms with Crippen LogP contribution in [0.4, 0.5) is 11.6 Å². The van der Waals surface area contributed by atoms with Crippen LogP contribution in [0.2, 0.25) is 0 Å². The minimum Gasteiger partial charge on any atom is -0.382 e. The molecule has 1 heterocycles. The highest BCUT2D eigenvalue weighted by Gasteiger charge is 1.94. The van der Waals surface area contributed by atoms with Crippen LogP contribution in [0.5, 0.6) is 0 Å². The lowest BCUT2D eigenvalue weighted by Gasteiger charge is -2.02. The van der Waals surface area contributed by atoms with Crippen molar-refractivity contribution in [1.29, 1.82) is 0 Å². The normalized spacial score (nSPS) is 12.4. The lowest BCUT2D eigenvalue weighted by molar-refractivity contribution is 0.687. The van der Waals surface area contributed by atoms with Gasteiger partial charge in [0, 0.05) is 29.4 Å². The number of nitrogens with one attached hydrogen (secondary N) is 1. The van der Waals surface area contributed by atoms with Crippen molar-refractivity contribution in [3.05, 3.63) is 12.1 Å². The fourth-order valence-corrected chi connectivity index (χ4v) is 1.15. The largest absolute Gasteiger partial charge is 0.382 e. The van der Waals surface area contributed by atoms with Gasteiger partial charge >= 0.3 is 0 Å². The number of hydrogen-bond acceptors (Lipinski definition) is 5. The van der Waals surface area contributed by atoms with Crippen molar-refractivity contribution in [2.45, 2.75) is 0 Å². The van der Waals surface area contributed by atoms with Crippen LogP contribution in [0.1, 0.15) is 0 Å². The second-order valence-corrected chi connectivity index (χ2v) is 4.10. The highest BCUT2D eigenvalue weighted by Crippen LogP contribution is 2.01. The van der Waals surface area contributed by atoms with E-state index in [0.717, 1.165) is 0 Å². The first kappa shape index (κ1) is 9.91. The molecule has 0 amide bonds. The molecule has 3 N–H and O–H groups in total. The van der Waals surface area contributed by atoms with E-state index in [2.05, 4.69) is 15.5 Å². The summed E-state index contributed by atoms with van der Waals surface area (Å²) >= 11 is 0. The summed E-state index contributed by atoms with van der Waals surface area (Å²) in [6.45, 7) is 0.627. The van der Waals surface area contributed by atoms with Crippen molar-refractivity contribution in [3.63, 3.8) is 0 Å². The number of nitrogens with zero attached hydrogens (tertiary/aromatic N) is 2. The molecule has 0 aliphatic carbocycles. The third-order valence-electron chi connectivity index (χ3n) is 1.38. The molecule has 0 saturated heterocycles. The molecule has 13 heavy (non-hydrogen) atoms. The number of nitrogen functional groups attached to an aromatic ring is 1. The number of hydrogen-bond donors (Lipinski definition) is 2. The van der Waals surface area contributed by atoms with Crippen LogP contribution in [0.15, 0.2) is 12.1 Å². The molecule has 0 aliphatic heterocycles. The van der Waals surface area contributed by atoms with Crippen LogP contribution < -0.4 is 11.1 Å². The highest BCUT2D eigenvalue weighted by atomic mass is 32.2. The lowest BCUT2D eigenvalue weighted by Crippen LogP contribution is -2.11. The predicted molar refractivity (Wildman–Crippen MR) is 53.9 cm³/mol. The summed E-state index contributed by atoms with van der Waals surface area (Å²) in [6, 6.07) is 3.40. The molecule has 1 unspecified atom stereocenters. The van der Waals surface area contributed by atoms with Gasteiger partial charge in [-0.1, -0.05) is 0 Å². The van der Waals surface area contributed by atoms with Crippen molar-refractivity contribution in [3.8, 4) is 0 Å². The maximum Gasteiger partial charge on any atom is 0.148 e. The molecule has 1 atom stereocenters. The first-order chi connectivity index (χ1) is 6.18. The summed E-state index contributed by atoms with van der Waals surface area (Å²) < 4.78 is 10.7. The minimum absolute atomic E-state index is 0.393. The Morgan fingerprint density at radius 2 is 2.31 bits per heavy atom. The Morgan fingerprint density at radius 3 is 2.85 bits per heavy atom. The van der Waals surface area contributed by atoms with E-state index in [0.29, 0.717) is 23.9 Å². The molecular weight excluding hydrogens is 188 g/mol. The van der Waals surface area contributed by atoms with Crippen LogP contribution in [-0.2, 0) is 10.8 Å². The molecule has 0 aliphatic rings. The van der Waals surface area contributed by atoms with E-state index in [9.17, 15) is 4.21 Å². The first-order valence-electron chi connectivity index (χ1n) is 3.81. The molecule has 0 spiro atoms. The Bertz CT molecular complexity index is 287. The first-order valence-corrected chi connectivity index (χ1v) is 5.54. The summed E-state index contributed by atoms with van der Waals surface area (Å²) in [4.78, 5) is 0. The van der Waals surface area contributed by atoms with Crippen molar-refractivity contribution in [1.82, 2.24) is 10.2 Å². The van der Waals surface area contributed by atoms with Crippen molar-refractivity contribution < 1.29 is 4.21 Å². The Kier molecular flexibility index (Phi) is 3.63. The van der Waals surface area contributed by atoms with Gasteiger partial charge in [0.25, 0.3) is 0 Å². The van der Waals surface area contributed by atoms with Crippen LogP contribution in [0.3, 0.4) is 0 Å². The van der Waals surface area contributed by atoms with E-state index in [1.807, 2.05) is 0 Å². The van der Waals surface area contributed by atoms with Gasteiger partial charge in [-0.05, 0) is 12.1 Å². The Hall–Kier alpha value is -1.17. The van der Waals surface area contributed by atoms with Crippen LogP contribution in [-0.4, -0.2) is 33.0 Å². The van der Waals surface area contributed by atoms with Gasteiger partial charge in [0.1, 0.15) is 11.6 Å². The van der Waals surface area contributed by atoms with Crippen molar-refractivity contribution in [2.24, 2.45) is 0 Å². The van der Waals surface area contributed by atoms with Crippen LogP contribution >= 0.6 is 0 Å². The molecule has 6 heteroatoms. The molecule has 0 saturated carbocycles. The Morgan fingerprint density at radius 1 is 1.54 bits per heavy atom. The number of aromatic nitrogens is 2. The lowest BCUT2D eigenvalue weighted by atomic mass is 10.5. The van der Waals surface area contributed by atoms with Crippen molar-refractivity contribution in [2.75, 3.05) is 29.6 Å². The maximum absolute atomic E-state index is 10.7. The van der Waals surface area contributed by atoms with E-state index in [-0.39, 0.29) is 0 Å². The average Bonchev–Trinajstić information content (AvgIpc) is 2.08. The maximum atomic E-state index is 10.7. The SMILES string of the molecule is CS(=O)CCNc1ccc(N)nn1. The number of anilines is 2. The summed E-state index contributed by atoms with van der Waals surface area (Å²) in [7, 11) is -0.779. The third-order valence-corrected chi connectivity index (χ3v) is 2.16. The predicted octanol–water partition coefficient (Wildman–Crippen LogP) is -0.151. The quantitative estimate of drug-likeness (QED) is 0.706. The molecule has 1 rings (SSSR count). The summed E-state index contributed by atoms with van der Waals surface area (Å²) in [6.07, 6.45) is 1.66. The van der Waals surface area contributed by atoms with E-state index in [1.165, 1.54) is 0 Å². The van der Waals surface area contributed by atoms with E-state index >= 15 is 0 Å². The molecule has 1 aromatic rings. The number of rotatable bonds is 4. The second kappa shape index (κ2) is 4.76. The van der Waals surface area contributed by atoms with Gasteiger partial charge in [-0.3, -0.25) is 4.21 Å². The van der Waals surface area contributed by atoms with E-state index in [1.54, 1.807) is 18.4 Å². The molecule has 0 fully saturated rings. The monoisotopic (exact) mass is 200 g/mol. The molecule has 0 aromatic carbocycles. The zero-order valence-corrected chi connectivity index (χ0v) is 8.17. The van der Waals surface area contributed by atoms with Crippen LogP contribution in [0, 0.1) is 0 Å². The zero-order valence-electron chi connectivity index (χ0n) is 7.36. The Labute approximate surface area is 79.2 Å². The standard InChI is InChI=1S/C7H12N4OS/c1-13(12)5-4-9-7-3-2-6(8)10-11-7/h2-3H,4-5H2,1H3,(H2,8,10)(H,9,11). The molecule has 0 radical (unpaired) electrons. The van der Waals surface area contributed by atoms with Crippen molar-refractivity contribution >= 4 is 22.4 Å². The van der Waals surface area contributed by atoms with Gasteiger partial charge in [0.05, 0.1) is 0 Å². The van der Waals surface area contributed by atoms with Gasteiger partial charge in [0.2, 0.25) is 0 Å². The van der Waals surface area contributed by atoms with Gasteiger partial charge in [-0.15, -0.1) is 10.2 Å². The smallest absolute Gasteiger partial charge is 0.148 e. The molecule has 72 valence electrons. The summed E-state index contributed by atoms with van der Waals surface area (Å²) in [5.74, 6) is 1.65. The van der Waals surface area contributed by atoms with E-state index in [4.69, 9.17) is 5.73 Å². The molecule has 1 aromatic heterocycles. The van der Waals surface area contributed by atoms with E-state index < -0.39 is 10.8 Å². The van der Waals surface area contributed by atoms with Gasteiger partial charge in [-0.2, -0.15) is 0 Å². The molecular formula is C7H12N4OS. The summed E-state index contributed by atoms with van der Waals surface area (Å²) in [5.41, 5.74) is 5.35. The fourth-order valence-electron chi connectivity index (χ4n) is 0.760. The second-order valence-electron chi connectivity index (χ2n) is 2.55. The third kappa shape index (κ3) is 3.84. The summed E-state index contributed by atoms with van der Waals surface area (Å²) in [5, 5.41) is 10.4. The number of nitrogens with two attached hydrogens (primary N) is 1. The zero-order chi connectivity index (χ0) is 9.68. The fraction of sp³-hybridized carbons (Fsp3) is 0.429. The van der Waals surface area contributed by atoms with Crippen LogP contribution in [0.25, 0.3) is 0 Å². The molecule has 5 nitrogen and oxygen atoms in total. The Balaban J connectivity index is 2.37. The minimum atomic E-state index is -0.779. The van der Waals surface area contributed by atoms with Gasteiger partial charge in [-0.25, -0.2) is 0 Å². The highest BCUT2D eigenvalue weighted by molar-refractivity contribution is 7.84. The topological polar surface area (TPSA) is 80.9 Å². The average molecular weight is 200 g/mol. The van der Waals surface area contributed by atoms with Gasteiger partial charge < -0.3 is 11.1 Å². The van der Waals surface area contributed by atoms with Gasteiger partial charge in [0.15, 0.2) is 0 Å².